The van der Waals surface area contributed by atoms with Crippen molar-refractivity contribution in [2.24, 2.45) is 0 Å². The van der Waals surface area contributed by atoms with Gasteiger partial charge in [0.25, 0.3) is 0 Å². The summed E-state index contributed by atoms with van der Waals surface area (Å²) in [7, 11) is 0. The minimum absolute atomic E-state index is 0.142. The fourth-order valence-electron chi connectivity index (χ4n) is 1.69. The molecule has 1 aliphatic heterocycles. The molecule has 1 unspecified atom stereocenters. The van der Waals surface area contributed by atoms with E-state index in [2.05, 4.69) is 25.9 Å². The lowest BCUT2D eigenvalue weighted by atomic mass is 10.2. The van der Waals surface area contributed by atoms with Crippen molar-refractivity contribution >= 4 is 22.3 Å². The third-order valence-electron chi connectivity index (χ3n) is 2.31. The van der Waals surface area contributed by atoms with E-state index < -0.39 is 0 Å². The second kappa shape index (κ2) is 3.49. The number of halogens is 1. The SMILES string of the molecule is O=CN1CCCC1c1ncc(Br)[nH]1. The number of rotatable bonds is 2. The van der Waals surface area contributed by atoms with Crippen molar-refractivity contribution in [3.63, 3.8) is 0 Å². The first kappa shape index (κ1) is 8.74. The van der Waals surface area contributed by atoms with E-state index in [-0.39, 0.29) is 6.04 Å². The second-order valence-corrected chi connectivity index (χ2v) is 3.97. The van der Waals surface area contributed by atoms with Crippen LogP contribution in [0.5, 0.6) is 0 Å². The van der Waals surface area contributed by atoms with Gasteiger partial charge in [-0.1, -0.05) is 0 Å². The van der Waals surface area contributed by atoms with E-state index in [9.17, 15) is 4.79 Å². The van der Waals surface area contributed by atoms with Gasteiger partial charge in [0.15, 0.2) is 0 Å². The van der Waals surface area contributed by atoms with Gasteiger partial charge >= 0.3 is 0 Å². The molecule has 1 saturated heterocycles. The number of hydrogen-bond donors (Lipinski definition) is 1. The number of likely N-dealkylation sites (tertiary alicyclic amines) is 1. The molecule has 0 aromatic carbocycles. The molecule has 13 heavy (non-hydrogen) atoms. The van der Waals surface area contributed by atoms with Crippen molar-refractivity contribution in [1.82, 2.24) is 14.9 Å². The van der Waals surface area contributed by atoms with Gasteiger partial charge in [-0.15, -0.1) is 0 Å². The van der Waals surface area contributed by atoms with Crippen molar-refractivity contribution in [1.29, 1.82) is 0 Å². The number of carbonyl (C=O) groups is 1. The van der Waals surface area contributed by atoms with Crippen LogP contribution in [-0.4, -0.2) is 27.8 Å². The number of amides is 1. The number of nitrogens with one attached hydrogen (secondary N) is 1. The van der Waals surface area contributed by atoms with Crippen LogP contribution < -0.4 is 0 Å². The molecule has 4 nitrogen and oxygen atoms in total. The predicted molar refractivity (Wildman–Crippen MR) is 51.0 cm³/mol. The average molecular weight is 244 g/mol. The van der Waals surface area contributed by atoms with Crippen LogP contribution in [-0.2, 0) is 4.79 Å². The van der Waals surface area contributed by atoms with Crippen LogP contribution >= 0.6 is 15.9 Å². The van der Waals surface area contributed by atoms with Crippen molar-refractivity contribution in [2.75, 3.05) is 6.54 Å². The molecule has 1 atom stereocenters. The Bertz CT molecular complexity index is 312. The maximum Gasteiger partial charge on any atom is 0.210 e. The highest BCUT2D eigenvalue weighted by molar-refractivity contribution is 9.10. The standard InChI is InChI=1S/C8H10BrN3O/c9-7-4-10-8(11-7)6-2-1-3-12(6)5-13/h4-6H,1-3H2,(H,10,11). The Hall–Kier alpha value is -0.840. The summed E-state index contributed by atoms with van der Waals surface area (Å²) in [5, 5.41) is 0. The van der Waals surface area contributed by atoms with E-state index in [1.165, 1.54) is 0 Å². The molecule has 1 aliphatic rings. The van der Waals surface area contributed by atoms with Crippen LogP contribution in [0.25, 0.3) is 0 Å². The molecule has 0 radical (unpaired) electrons. The largest absolute Gasteiger partial charge is 0.335 e. The van der Waals surface area contributed by atoms with E-state index in [1.807, 2.05) is 0 Å². The minimum Gasteiger partial charge on any atom is -0.335 e. The molecule has 0 saturated carbocycles. The van der Waals surface area contributed by atoms with Gasteiger partial charge in [0.2, 0.25) is 6.41 Å². The third-order valence-corrected chi connectivity index (χ3v) is 2.71. The summed E-state index contributed by atoms with van der Waals surface area (Å²) >= 11 is 3.30. The highest BCUT2D eigenvalue weighted by Gasteiger charge is 2.26. The van der Waals surface area contributed by atoms with Crippen LogP contribution in [0.15, 0.2) is 10.8 Å². The van der Waals surface area contributed by atoms with Gasteiger partial charge in [0.05, 0.1) is 12.2 Å². The van der Waals surface area contributed by atoms with Gasteiger partial charge in [0.1, 0.15) is 10.4 Å². The van der Waals surface area contributed by atoms with Crippen LogP contribution in [0.3, 0.4) is 0 Å². The first-order valence-corrected chi connectivity index (χ1v) is 5.02. The normalized spacial score (nSPS) is 22.2. The Labute approximate surface area is 84.5 Å². The van der Waals surface area contributed by atoms with Gasteiger partial charge in [-0.3, -0.25) is 4.79 Å². The summed E-state index contributed by atoms with van der Waals surface area (Å²) in [6.07, 6.45) is 4.67. The zero-order valence-corrected chi connectivity index (χ0v) is 8.62. The summed E-state index contributed by atoms with van der Waals surface area (Å²) in [6, 6.07) is 0.142. The maximum atomic E-state index is 10.7. The number of H-pyrrole nitrogens is 1. The number of imidazole rings is 1. The molecule has 0 bridgehead atoms. The lowest BCUT2D eigenvalue weighted by Crippen LogP contribution is -2.21. The summed E-state index contributed by atoms with van der Waals surface area (Å²) in [5.41, 5.74) is 0. The molecule has 1 N–H and O–H groups in total. The number of hydrogen-bond acceptors (Lipinski definition) is 2. The Morgan fingerprint density at radius 2 is 2.62 bits per heavy atom. The molecule has 2 rings (SSSR count). The van der Waals surface area contributed by atoms with E-state index in [1.54, 1.807) is 11.1 Å². The zero-order valence-electron chi connectivity index (χ0n) is 7.03. The third kappa shape index (κ3) is 1.60. The van der Waals surface area contributed by atoms with Crippen LogP contribution in [0.1, 0.15) is 24.7 Å². The second-order valence-electron chi connectivity index (χ2n) is 3.12. The molecule has 0 spiro atoms. The van der Waals surface area contributed by atoms with Crippen molar-refractivity contribution in [2.45, 2.75) is 18.9 Å². The molecular weight excluding hydrogens is 234 g/mol. The van der Waals surface area contributed by atoms with Crippen molar-refractivity contribution in [3.05, 3.63) is 16.6 Å². The van der Waals surface area contributed by atoms with E-state index >= 15 is 0 Å². The molecule has 1 fully saturated rings. The minimum atomic E-state index is 0.142. The topological polar surface area (TPSA) is 49.0 Å². The van der Waals surface area contributed by atoms with Crippen LogP contribution in [0, 0.1) is 0 Å². The number of nitrogens with zero attached hydrogens (tertiary/aromatic N) is 2. The Morgan fingerprint density at radius 3 is 3.23 bits per heavy atom. The average Bonchev–Trinajstić information content (AvgIpc) is 2.71. The maximum absolute atomic E-state index is 10.7. The fourth-order valence-corrected chi connectivity index (χ4v) is 2.00. The lowest BCUT2D eigenvalue weighted by molar-refractivity contribution is -0.119. The first-order valence-electron chi connectivity index (χ1n) is 4.22. The van der Waals surface area contributed by atoms with E-state index in [4.69, 9.17) is 0 Å². The van der Waals surface area contributed by atoms with Crippen molar-refractivity contribution < 1.29 is 4.79 Å². The lowest BCUT2D eigenvalue weighted by Gasteiger charge is -2.16. The molecule has 1 aromatic rings. The van der Waals surface area contributed by atoms with Gasteiger partial charge < -0.3 is 9.88 Å². The molecule has 2 heterocycles. The summed E-state index contributed by atoms with van der Waals surface area (Å²) in [6.45, 7) is 0.840. The van der Waals surface area contributed by atoms with Crippen molar-refractivity contribution in [3.8, 4) is 0 Å². The predicted octanol–water partition coefficient (Wildman–Crippen LogP) is 1.47. The first-order chi connectivity index (χ1) is 6.31. The highest BCUT2D eigenvalue weighted by Crippen LogP contribution is 2.28. The molecule has 1 aromatic heterocycles. The summed E-state index contributed by atoms with van der Waals surface area (Å²) < 4.78 is 0.861. The number of aromatic nitrogens is 2. The van der Waals surface area contributed by atoms with E-state index in [0.717, 1.165) is 36.2 Å². The quantitative estimate of drug-likeness (QED) is 0.800. The van der Waals surface area contributed by atoms with Crippen LogP contribution in [0.2, 0.25) is 0 Å². The summed E-state index contributed by atoms with van der Waals surface area (Å²) in [4.78, 5) is 19.7. The van der Waals surface area contributed by atoms with Crippen LogP contribution in [0.4, 0.5) is 0 Å². The van der Waals surface area contributed by atoms with E-state index in [0.29, 0.717) is 0 Å². The Kier molecular flexibility index (Phi) is 2.35. The van der Waals surface area contributed by atoms with Gasteiger partial charge in [-0.2, -0.15) is 0 Å². The smallest absolute Gasteiger partial charge is 0.210 e. The highest BCUT2D eigenvalue weighted by atomic mass is 79.9. The zero-order chi connectivity index (χ0) is 9.26. The monoisotopic (exact) mass is 243 g/mol. The number of aromatic amines is 1. The Morgan fingerprint density at radius 1 is 1.77 bits per heavy atom. The summed E-state index contributed by atoms with van der Waals surface area (Å²) in [5.74, 6) is 0.872. The number of carbonyl (C=O) groups excluding carboxylic acids is 1. The van der Waals surface area contributed by atoms with Gasteiger partial charge in [-0.25, -0.2) is 4.98 Å². The molecular formula is C8H10BrN3O. The molecule has 0 aliphatic carbocycles. The fraction of sp³-hybridized carbons (Fsp3) is 0.500. The molecule has 5 heteroatoms. The molecule has 1 amide bonds. The Balaban J connectivity index is 2.20. The van der Waals surface area contributed by atoms with Gasteiger partial charge in [-0.05, 0) is 28.8 Å². The molecule has 70 valence electrons. The van der Waals surface area contributed by atoms with Gasteiger partial charge in [0, 0.05) is 6.54 Å².